The van der Waals surface area contributed by atoms with Crippen molar-refractivity contribution in [2.24, 2.45) is 11.5 Å². The Labute approximate surface area is 225 Å². The molecule has 2 heterocycles. The number of ether oxygens (including phenoxy) is 1. The predicted octanol–water partition coefficient (Wildman–Crippen LogP) is 1.98. The number of anilines is 1. The van der Waals surface area contributed by atoms with Crippen molar-refractivity contribution in [1.29, 1.82) is 0 Å². The number of carboxylic acid groups (broad SMARTS) is 1. The number of nitrogens with one attached hydrogen (secondary N) is 1. The first-order valence-electron chi connectivity index (χ1n) is 12.8. The van der Waals surface area contributed by atoms with Gasteiger partial charge in [-0.15, -0.1) is 11.8 Å². The molecule has 3 aliphatic rings. The number of nitrogens with zero attached hydrogens (tertiary/aromatic N) is 1. The summed E-state index contributed by atoms with van der Waals surface area (Å²) >= 11 is 1.29. The van der Waals surface area contributed by atoms with Gasteiger partial charge in [-0.05, 0) is 61.6 Å². The number of thioether (sulfide) groups is 1. The lowest BCUT2D eigenvalue weighted by molar-refractivity contribution is -0.126. The molecule has 0 saturated carbocycles. The number of nitrogen functional groups attached to an aromatic ring is 1. The molecular weight excluding hydrogens is 506 g/mol. The van der Waals surface area contributed by atoms with Crippen LogP contribution in [-0.4, -0.2) is 64.3 Å². The zero-order valence-electron chi connectivity index (χ0n) is 21.3. The van der Waals surface area contributed by atoms with Gasteiger partial charge in [0.25, 0.3) is 0 Å². The van der Waals surface area contributed by atoms with Gasteiger partial charge in [-0.25, -0.2) is 4.79 Å². The lowest BCUT2D eigenvalue weighted by Crippen LogP contribution is -2.61. The molecule has 11 heteroatoms. The van der Waals surface area contributed by atoms with E-state index in [1.54, 1.807) is 36.4 Å². The third-order valence-electron chi connectivity index (χ3n) is 7.61. The number of carbonyl (C=O) groups is 3. The average Bonchev–Trinajstić information content (AvgIpc) is 3.29. The molecule has 5 rings (SSSR count). The van der Waals surface area contributed by atoms with Crippen molar-refractivity contribution in [1.82, 2.24) is 10.2 Å². The van der Waals surface area contributed by atoms with Crippen molar-refractivity contribution in [3.63, 3.8) is 0 Å². The zero-order chi connectivity index (χ0) is 27.4. The summed E-state index contributed by atoms with van der Waals surface area (Å²) in [5.41, 5.74) is 20.7. The Balaban J connectivity index is 1.48. The van der Waals surface area contributed by atoms with E-state index >= 15 is 0 Å². The smallest absolute Gasteiger partial charge is 0.407 e. The summed E-state index contributed by atoms with van der Waals surface area (Å²) in [4.78, 5) is 40.9. The number of amides is 2. The number of hydrogen-bond acceptors (Lipinski definition) is 8. The summed E-state index contributed by atoms with van der Waals surface area (Å²) in [6.07, 6.45) is 0.321. The summed E-state index contributed by atoms with van der Waals surface area (Å²) < 4.78 is 5.74. The fourth-order valence-corrected chi connectivity index (χ4v) is 7.29. The quantitative estimate of drug-likeness (QED) is 0.356. The van der Waals surface area contributed by atoms with Crippen molar-refractivity contribution in [2.45, 2.75) is 66.5 Å². The monoisotopic (exact) mass is 539 g/mol. The maximum absolute atomic E-state index is 13.9. The Hall–Kier alpha value is -3.28. The van der Waals surface area contributed by atoms with Gasteiger partial charge in [-0.1, -0.05) is 18.2 Å². The molecule has 2 aliphatic heterocycles. The third-order valence-corrected chi connectivity index (χ3v) is 9.06. The summed E-state index contributed by atoms with van der Waals surface area (Å²) in [6.45, 7) is 4.52. The average molecular weight is 540 g/mol. The van der Waals surface area contributed by atoms with Crippen LogP contribution in [0.2, 0.25) is 0 Å². The molecule has 2 aromatic rings. The van der Waals surface area contributed by atoms with E-state index in [1.807, 2.05) is 13.8 Å². The SMILES string of the molecule is CC(C)Oc1ccc(C2(N)C(=O)C(N)C3c4c2ccc(N)c4SC3C(=O)NC2CCCN(C(=O)O)C2)cc1. The number of piperidine rings is 1. The molecule has 10 nitrogen and oxygen atoms in total. The highest BCUT2D eigenvalue weighted by molar-refractivity contribution is 8.01. The van der Waals surface area contributed by atoms with Crippen LogP contribution in [0.5, 0.6) is 5.75 Å². The van der Waals surface area contributed by atoms with Crippen molar-refractivity contribution in [3.05, 3.63) is 53.1 Å². The van der Waals surface area contributed by atoms with E-state index in [-0.39, 0.29) is 30.4 Å². The Morgan fingerprint density at radius 3 is 2.58 bits per heavy atom. The van der Waals surface area contributed by atoms with E-state index in [4.69, 9.17) is 21.9 Å². The molecule has 0 aromatic heterocycles. The number of likely N-dealkylation sites (tertiary alicyclic amines) is 1. The van der Waals surface area contributed by atoms with Gasteiger partial charge in [0.05, 0.1) is 17.4 Å². The molecule has 1 saturated heterocycles. The number of nitrogens with two attached hydrogens (primary N) is 3. The van der Waals surface area contributed by atoms with E-state index < -0.39 is 28.8 Å². The molecule has 202 valence electrons. The molecule has 5 atom stereocenters. The lowest BCUT2D eigenvalue weighted by Gasteiger charge is -2.41. The molecule has 5 unspecified atom stereocenters. The lowest BCUT2D eigenvalue weighted by atomic mass is 9.65. The number of benzene rings is 2. The Morgan fingerprint density at radius 2 is 1.92 bits per heavy atom. The molecule has 2 amide bonds. The molecule has 0 bridgehead atoms. The fourth-order valence-electron chi connectivity index (χ4n) is 5.84. The van der Waals surface area contributed by atoms with Crippen molar-refractivity contribution in [3.8, 4) is 5.75 Å². The number of Topliss-reactive ketones (excluding diaryl/α,β-unsaturated/α-hetero) is 1. The molecule has 0 spiro atoms. The van der Waals surface area contributed by atoms with E-state index in [9.17, 15) is 19.5 Å². The second kappa shape index (κ2) is 9.79. The molecule has 0 radical (unpaired) electrons. The predicted molar refractivity (Wildman–Crippen MR) is 144 cm³/mol. The Bertz CT molecular complexity index is 1290. The standard InChI is InChI=1S/C27H33N5O5S/c1-13(2)37-16-7-5-14(6-8-16)27(30)17-9-10-18(28)22-19(17)20(21(29)24(27)33)23(38-22)25(34)31-15-4-3-11-32(12-15)26(35)36/h5-10,13,15,20-21,23H,3-4,11-12,28-30H2,1-2H3,(H,31,34)(H,35,36). The third kappa shape index (κ3) is 4.28. The van der Waals surface area contributed by atoms with Gasteiger partial charge in [-0.3, -0.25) is 9.59 Å². The maximum atomic E-state index is 13.9. The van der Waals surface area contributed by atoms with Crippen LogP contribution in [0, 0.1) is 0 Å². The van der Waals surface area contributed by atoms with Gasteiger partial charge in [0, 0.05) is 35.6 Å². The maximum Gasteiger partial charge on any atom is 0.407 e. The molecule has 8 N–H and O–H groups in total. The summed E-state index contributed by atoms with van der Waals surface area (Å²) in [5, 5.41) is 11.7. The largest absolute Gasteiger partial charge is 0.491 e. The van der Waals surface area contributed by atoms with Crippen LogP contribution in [0.25, 0.3) is 0 Å². The molecule has 1 fully saturated rings. The summed E-state index contributed by atoms with van der Waals surface area (Å²) in [5.74, 6) is -0.614. The number of hydrogen-bond donors (Lipinski definition) is 5. The van der Waals surface area contributed by atoms with Gasteiger partial charge in [-0.2, -0.15) is 0 Å². The fraction of sp³-hybridized carbons (Fsp3) is 0.444. The first-order chi connectivity index (χ1) is 18.0. The summed E-state index contributed by atoms with van der Waals surface area (Å²) in [7, 11) is 0. The highest BCUT2D eigenvalue weighted by atomic mass is 32.2. The van der Waals surface area contributed by atoms with Crippen LogP contribution < -0.4 is 27.3 Å². The number of ketones is 1. The van der Waals surface area contributed by atoms with Gasteiger partial charge >= 0.3 is 6.09 Å². The first kappa shape index (κ1) is 26.3. The van der Waals surface area contributed by atoms with Crippen LogP contribution in [0.4, 0.5) is 10.5 Å². The molecule has 38 heavy (non-hydrogen) atoms. The summed E-state index contributed by atoms with van der Waals surface area (Å²) in [6, 6.07) is 9.23. The minimum Gasteiger partial charge on any atom is -0.491 e. The van der Waals surface area contributed by atoms with Crippen LogP contribution in [0.3, 0.4) is 0 Å². The van der Waals surface area contributed by atoms with E-state index in [1.165, 1.54) is 16.7 Å². The second-order valence-electron chi connectivity index (χ2n) is 10.5. The van der Waals surface area contributed by atoms with Crippen molar-refractivity contribution < 1.29 is 24.2 Å². The number of carbonyl (C=O) groups excluding carboxylic acids is 2. The molecular formula is C27H33N5O5S. The minimum atomic E-state index is -1.51. The topological polar surface area (TPSA) is 174 Å². The Morgan fingerprint density at radius 1 is 1.21 bits per heavy atom. The van der Waals surface area contributed by atoms with Crippen LogP contribution in [0.1, 0.15) is 49.3 Å². The van der Waals surface area contributed by atoms with E-state index in [0.717, 1.165) is 5.56 Å². The van der Waals surface area contributed by atoms with Crippen molar-refractivity contribution >= 4 is 35.2 Å². The number of rotatable bonds is 5. The van der Waals surface area contributed by atoms with Gasteiger partial charge in [0.1, 0.15) is 11.3 Å². The van der Waals surface area contributed by atoms with Gasteiger partial charge in [0.2, 0.25) is 5.91 Å². The van der Waals surface area contributed by atoms with Crippen LogP contribution in [-0.2, 0) is 15.1 Å². The highest BCUT2D eigenvalue weighted by Crippen LogP contribution is 2.56. The van der Waals surface area contributed by atoms with Crippen LogP contribution in [0.15, 0.2) is 41.3 Å². The van der Waals surface area contributed by atoms with Crippen LogP contribution >= 0.6 is 11.8 Å². The highest BCUT2D eigenvalue weighted by Gasteiger charge is 2.56. The Kier molecular flexibility index (Phi) is 6.79. The van der Waals surface area contributed by atoms with Gasteiger partial charge < -0.3 is 37.3 Å². The second-order valence-corrected chi connectivity index (χ2v) is 11.6. The minimum absolute atomic E-state index is 0.000498. The van der Waals surface area contributed by atoms with Gasteiger partial charge in [0.15, 0.2) is 5.78 Å². The van der Waals surface area contributed by atoms with E-state index in [0.29, 0.717) is 46.8 Å². The zero-order valence-corrected chi connectivity index (χ0v) is 22.2. The molecule has 1 aliphatic carbocycles. The normalized spacial score (nSPS) is 28.2. The van der Waals surface area contributed by atoms with E-state index in [2.05, 4.69) is 5.32 Å². The first-order valence-corrected chi connectivity index (χ1v) is 13.6. The molecule has 2 aromatic carbocycles. The van der Waals surface area contributed by atoms with Crippen molar-refractivity contribution in [2.75, 3.05) is 18.8 Å².